The second kappa shape index (κ2) is 13.4. The molecule has 1 aliphatic carbocycles. The molecule has 0 heterocycles. The average molecular weight is 441 g/mol. The van der Waals surface area contributed by atoms with Crippen molar-refractivity contribution in [2.75, 3.05) is 26.5 Å². The van der Waals surface area contributed by atoms with Crippen LogP contribution in [0.2, 0.25) is 0 Å². The maximum atomic E-state index is 13.0. The summed E-state index contributed by atoms with van der Waals surface area (Å²) in [6.07, 6.45) is 8.46. The van der Waals surface area contributed by atoms with E-state index in [1.165, 1.54) is 7.11 Å². The summed E-state index contributed by atoms with van der Waals surface area (Å²) in [7, 11) is -1.88. The first-order valence-electron chi connectivity index (χ1n) is 10.9. The van der Waals surface area contributed by atoms with Crippen molar-refractivity contribution in [1.82, 2.24) is 0 Å². The van der Waals surface area contributed by atoms with Crippen LogP contribution in [0.5, 0.6) is 0 Å². The number of unbranched alkanes of at least 4 members (excludes halogenated alkanes) is 3. The normalized spacial score (nSPS) is 26.3. The summed E-state index contributed by atoms with van der Waals surface area (Å²) in [4.78, 5) is 0. The van der Waals surface area contributed by atoms with E-state index in [0.29, 0.717) is 19.3 Å². The molecule has 5 atom stereocenters. The van der Waals surface area contributed by atoms with Gasteiger partial charge in [-0.25, -0.2) is 0 Å². The molecule has 0 aliphatic heterocycles. The quantitative estimate of drug-likeness (QED) is 0.230. The molecule has 0 radical (unpaired) electrons. The van der Waals surface area contributed by atoms with E-state index < -0.39 is 19.8 Å². The smallest absolute Gasteiger partial charge is 0.330 e. The molecule has 1 aromatic rings. The average Bonchev–Trinajstić information content (AvgIpc) is 3.03. The SMILES string of the molecule is COP(=O)(CCc1ccccc1)OC[C@H]1C(CC=CCCCCCO)[C@H](O)C[C@@H]1O. The van der Waals surface area contributed by atoms with Gasteiger partial charge in [0.25, 0.3) is 0 Å². The van der Waals surface area contributed by atoms with Gasteiger partial charge in [0.05, 0.1) is 25.0 Å². The van der Waals surface area contributed by atoms with Crippen molar-refractivity contribution in [3.63, 3.8) is 0 Å². The number of allylic oxidation sites excluding steroid dienone is 2. The van der Waals surface area contributed by atoms with Gasteiger partial charge >= 0.3 is 7.60 Å². The lowest BCUT2D eigenvalue weighted by Crippen LogP contribution is -2.26. The Bertz CT molecular complexity index is 665. The second-order valence-electron chi connectivity index (χ2n) is 8.03. The summed E-state index contributed by atoms with van der Waals surface area (Å²) >= 11 is 0. The Morgan fingerprint density at radius 3 is 2.50 bits per heavy atom. The number of hydrogen-bond donors (Lipinski definition) is 3. The molecule has 2 unspecified atom stereocenters. The highest BCUT2D eigenvalue weighted by atomic mass is 31.2. The Kier molecular flexibility index (Phi) is 11.3. The van der Waals surface area contributed by atoms with Gasteiger partial charge in [0.2, 0.25) is 0 Å². The van der Waals surface area contributed by atoms with Crippen LogP contribution in [0.4, 0.5) is 0 Å². The van der Waals surface area contributed by atoms with Crippen LogP contribution in [-0.2, 0) is 20.0 Å². The van der Waals surface area contributed by atoms with E-state index in [2.05, 4.69) is 6.08 Å². The molecule has 0 bridgehead atoms. The van der Waals surface area contributed by atoms with Gasteiger partial charge < -0.3 is 24.4 Å². The topological polar surface area (TPSA) is 96.2 Å². The van der Waals surface area contributed by atoms with Gasteiger partial charge in [-0.15, -0.1) is 0 Å². The number of rotatable bonds is 14. The minimum atomic E-state index is -3.27. The summed E-state index contributed by atoms with van der Waals surface area (Å²) in [5, 5.41) is 29.6. The highest BCUT2D eigenvalue weighted by Gasteiger charge is 2.42. The third-order valence-electron chi connectivity index (χ3n) is 5.88. The van der Waals surface area contributed by atoms with E-state index >= 15 is 0 Å². The van der Waals surface area contributed by atoms with Gasteiger partial charge in [0, 0.05) is 19.6 Å². The summed E-state index contributed by atoms with van der Waals surface area (Å²) < 4.78 is 23.9. The molecule has 6 nitrogen and oxygen atoms in total. The number of hydrogen-bond acceptors (Lipinski definition) is 6. The largest absolute Gasteiger partial charge is 0.396 e. The summed E-state index contributed by atoms with van der Waals surface area (Å²) in [5.74, 6) is -0.410. The first kappa shape index (κ1) is 25.3. The van der Waals surface area contributed by atoms with Crippen LogP contribution < -0.4 is 0 Å². The molecule has 1 fully saturated rings. The molecule has 1 aliphatic rings. The van der Waals surface area contributed by atoms with Crippen molar-refractivity contribution in [2.24, 2.45) is 11.8 Å². The van der Waals surface area contributed by atoms with Gasteiger partial charge in [-0.3, -0.25) is 4.57 Å². The maximum absolute atomic E-state index is 13.0. The van der Waals surface area contributed by atoms with Crippen molar-refractivity contribution in [1.29, 1.82) is 0 Å². The Labute approximate surface area is 180 Å². The molecule has 0 amide bonds. The van der Waals surface area contributed by atoms with E-state index in [9.17, 15) is 14.8 Å². The van der Waals surface area contributed by atoms with E-state index in [1.54, 1.807) is 0 Å². The molecule has 1 aromatic carbocycles. The Balaban J connectivity index is 1.85. The predicted molar refractivity (Wildman–Crippen MR) is 119 cm³/mol. The zero-order valence-electron chi connectivity index (χ0n) is 17.9. The van der Waals surface area contributed by atoms with Crippen molar-refractivity contribution in [3.8, 4) is 0 Å². The molecule has 3 N–H and O–H groups in total. The summed E-state index contributed by atoms with van der Waals surface area (Å²) in [5.41, 5.74) is 1.07. The highest BCUT2D eigenvalue weighted by molar-refractivity contribution is 7.53. The van der Waals surface area contributed by atoms with Crippen LogP contribution in [0.15, 0.2) is 42.5 Å². The number of aryl methyl sites for hydroxylation is 1. The van der Waals surface area contributed by atoms with Crippen LogP contribution in [0.25, 0.3) is 0 Å². The second-order valence-corrected chi connectivity index (χ2v) is 10.3. The van der Waals surface area contributed by atoms with E-state index in [-0.39, 0.29) is 31.2 Å². The van der Waals surface area contributed by atoms with Crippen molar-refractivity contribution >= 4 is 7.60 Å². The van der Waals surface area contributed by atoms with Crippen LogP contribution in [0.1, 0.15) is 44.1 Å². The Hall–Kier alpha value is -1.01. The minimum Gasteiger partial charge on any atom is -0.396 e. The van der Waals surface area contributed by atoms with Gasteiger partial charge in [0.15, 0.2) is 0 Å². The summed E-state index contributed by atoms with van der Waals surface area (Å²) in [6, 6.07) is 9.77. The first-order chi connectivity index (χ1) is 14.5. The molecular formula is C23H37O6P. The Morgan fingerprint density at radius 1 is 1.07 bits per heavy atom. The summed E-state index contributed by atoms with van der Waals surface area (Å²) in [6.45, 7) is 0.335. The monoisotopic (exact) mass is 440 g/mol. The fourth-order valence-electron chi connectivity index (χ4n) is 3.98. The van der Waals surface area contributed by atoms with Gasteiger partial charge in [-0.2, -0.15) is 0 Å². The highest BCUT2D eigenvalue weighted by Crippen LogP contribution is 2.49. The minimum absolute atomic E-state index is 0.104. The standard InChI is InChI=1S/C23H37O6P/c1-28-30(27,16-14-19-11-7-6-8-12-19)29-18-21-20(22(25)17-23(21)26)13-9-4-2-3-5-10-15-24/h4,6-9,11-12,20-26H,2-3,5,10,13-18H2,1H3/t20?,21-,22+,23-,30?/m0/s1. The van der Waals surface area contributed by atoms with Crippen molar-refractivity contribution in [3.05, 3.63) is 48.0 Å². The number of aliphatic hydroxyl groups is 3. The Morgan fingerprint density at radius 2 is 1.80 bits per heavy atom. The third kappa shape index (κ3) is 8.26. The van der Waals surface area contributed by atoms with E-state index in [0.717, 1.165) is 31.2 Å². The third-order valence-corrected chi connectivity index (χ3v) is 7.75. The zero-order valence-corrected chi connectivity index (χ0v) is 18.8. The molecule has 0 spiro atoms. The van der Waals surface area contributed by atoms with E-state index in [1.807, 2.05) is 36.4 Å². The molecular weight excluding hydrogens is 403 g/mol. The molecule has 170 valence electrons. The van der Waals surface area contributed by atoms with Crippen molar-refractivity contribution < 1.29 is 28.9 Å². The number of aliphatic hydroxyl groups excluding tert-OH is 3. The van der Waals surface area contributed by atoms with Crippen molar-refractivity contribution in [2.45, 2.75) is 57.2 Å². The molecule has 0 saturated heterocycles. The molecule has 2 rings (SSSR count). The van der Waals surface area contributed by atoms with E-state index in [4.69, 9.17) is 14.2 Å². The maximum Gasteiger partial charge on any atom is 0.330 e. The van der Waals surface area contributed by atoms with Gasteiger partial charge in [-0.05, 0) is 50.0 Å². The van der Waals surface area contributed by atoms with Gasteiger partial charge in [-0.1, -0.05) is 48.9 Å². The fourth-order valence-corrected chi connectivity index (χ4v) is 5.32. The molecule has 0 aromatic heterocycles. The van der Waals surface area contributed by atoms with Crippen LogP contribution in [0.3, 0.4) is 0 Å². The molecule has 1 saturated carbocycles. The lowest BCUT2D eigenvalue weighted by atomic mass is 9.91. The van der Waals surface area contributed by atoms with Crippen LogP contribution >= 0.6 is 7.60 Å². The first-order valence-corrected chi connectivity index (χ1v) is 12.7. The zero-order chi connectivity index (χ0) is 21.8. The molecule has 30 heavy (non-hydrogen) atoms. The predicted octanol–water partition coefficient (Wildman–Crippen LogP) is 3.94. The van der Waals surface area contributed by atoms with Crippen LogP contribution in [-0.4, -0.2) is 54.0 Å². The molecule has 7 heteroatoms. The lowest BCUT2D eigenvalue weighted by molar-refractivity contribution is 0.0701. The van der Waals surface area contributed by atoms with Crippen LogP contribution in [0, 0.1) is 11.8 Å². The fraction of sp³-hybridized carbons (Fsp3) is 0.652. The van der Waals surface area contributed by atoms with Gasteiger partial charge in [0.1, 0.15) is 0 Å². The number of benzene rings is 1. The lowest BCUT2D eigenvalue weighted by Gasteiger charge is -2.25.